The number of imidazole rings is 1. The maximum atomic E-state index is 11.7. The molecule has 6 nitrogen and oxygen atoms in total. The van der Waals surface area contributed by atoms with Gasteiger partial charge in [0.1, 0.15) is 6.10 Å². The van der Waals surface area contributed by atoms with Crippen LogP contribution in [0.25, 0.3) is 16.2 Å². The molecule has 0 spiro atoms. The van der Waals surface area contributed by atoms with Crippen molar-refractivity contribution in [3.05, 3.63) is 47.6 Å². The number of ether oxygens (including phenoxy) is 1. The van der Waals surface area contributed by atoms with Crippen LogP contribution in [-0.4, -0.2) is 38.3 Å². The van der Waals surface area contributed by atoms with Crippen molar-refractivity contribution in [1.82, 2.24) is 9.38 Å². The average molecular weight is 332 g/mol. The van der Waals surface area contributed by atoms with Crippen molar-refractivity contribution in [2.75, 3.05) is 6.61 Å². The predicted octanol–water partition coefficient (Wildman–Crippen LogP) is 2.02. The van der Waals surface area contributed by atoms with Crippen LogP contribution in [0, 0.1) is 0 Å². The molecule has 0 fully saturated rings. The lowest BCUT2D eigenvalue weighted by Crippen LogP contribution is -2.30. The van der Waals surface area contributed by atoms with Gasteiger partial charge in [-0.2, -0.15) is 0 Å². The Morgan fingerprint density at radius 2 is 2.09 bits per heavy atom. The molecule has 0 aliphatic rings. The van der Waals surface area contributed by atoms with E-state index in [9.17, 15) is 15.0 Å². The van der Waals surface area contributed by atoms with E-state index in [2.05, 4.69) is 4.98 Å². The summed E-state index contributed by atoms with van der Waals surface area (Å²) < 4.78 is 6.47. The standard InChI is InChI=1S/C16H16N2O4S/c1-2-22-15(21)14(20)13(19)12-11(10-6-4-3-5-7-10)17-16-18(12)8-9-23-16/h3-9,13-14,19-20H,2H2,1H3. The topological polar surface area (TPSA) is 84.1 Å². The summed E-state index contributed by atoms with van der Waals surface area (Å²) in [5, 5.41) is 22.4. The fourth-order valence-electron chi connectivity index (χ4n) is 2.40. The molecule has 0 bridgehead atoms. The van der Waals surface area contributed by atoms with Crippen molar-refractivity contribution >= 4 is 22.3 Å². The molecule has 2 atom stereocenters. The van der Waals surface area contributed by atoms with E-state index in [-0.39, 0.29) is 6.61 Å². The van der Waals surface area contributed by atoms with E-state index < -0.39 is 18.2 Å². The van der Waals surface area contributed by atoms with Crippen molar-refractivity contribution in [2.45, 2.75) is 19.1 Å². The Balaban J connectivity index is 2.08. The van der Waals surface area contributed by atoms with Crippen molar-refractivity contribution < 1.29 is 19.7 Å². The number of fused-ring (bicyclic) bond motifs is 1. The zero-order valence-corrected chi connectivity index (χ0v) is 13.2. The molecule has 0 aliphatic carbocycles. The SMILES string of the molecule is CCOC(=O)C(O)C(O)c1c(-c2ccccc2)nc2sccn12. The molecule has 23 heavy (non-hydrogen) atoms. The normalized spacial score (nSPS) is 13.9. The van der Waals surface area contributed by atoms with Gasteiger partial charge in [0.05, 0.1) is 18.0 Å². The van der Waals surface area contributed by atoms with Crippen LogP contribution in [0.3, 0.4) is 0 Å². The predicted molar refractivity (Wildman–Crippen MR) is 86.1 cm³/mol. The van der Waals surface area contributed by atoms with Crippen molar-refractivity contribution in [2.24, 2.45) is 0 Å². The molecule has 2 unspecified atom stereocenters. The number of carbonyl (C=O) groups is 1. The third-order valence-corrected chi connectivity index (χ3v) is 4.21. The van der Waals surface area contributed by atoms with Gasteiger partial charge in [-0.15, -0.1) is 11.3 Å². The lowest BCUT2D eigenvalue weighted by molar-refractivity contribution is -0.159. The first-order valence-electron chi connectivity index (χ1n) is 7.17. The Labute approximate surface area is 136 Å². The molecule has 0 saturated carbocycles. The van der Waals surface area contributed by atoms with Gasteiger partial charge in [0, 0.05) is 17.1 Å². The van der Waals surface area contributed by atoms with E-state index in [0.717, 1.165) is 5.56 Å². The molecule has 120 valence electrons. The van der Waals surface area contributed by atoms with E-state index >= 15 is 0 Å². The number of hydrogen-bond donors (Lipinski definition) is 2. The number of aromatic nitrogens is 2. The second kappa shape index (κ2) is 6.49. The Morgan fingerprint density at radius 3 is 2.78 bits per heavy atom. The highest BCUT2D eigenvalue weighted by Crippen LogP contribution is 2.32. The molecule has 0 saturated heterocycles. The molecule has 0 radical (unpaired) electrons. The molecule has 7 heteroatoms. The second-order valence-electron chi connectivity index (χ2n) is 4.91. The van der Waals surface area contributed by atoms with Crippen LogP contribution in [-0.2, 0) is 9.53 Å². The van der Waals surface area contributed by atoms with E-state index in [1.165, 1.54) is 11.3 Å². The Morgan fingerprint density at radius 1 is 1.35 bits per heavy atom. The molecule has 3 aromatic rings. The molecule has 0 amide bonds. The Hall–Kier alpha value is -2.22. The minimum absolute atomic E-state index is 0.133. The summed E-state index contributed by atoms with van der Waals surface area (Å²) in [4.78, 5) is 16.9. The van der Waals surface area contributed by atoms with E-state index in [1.54, 1.807) is 17.5 Å². The van der Waals surface area contributed by atoms with Gasteiger partial charge in [-0.1, -0.05) is 30.3 Å². The van der Waals surface area contributed by atoms with Crippen LogP contribution in [0.2, 0.25) is 0 Å². The molecule has 2 heterocycles. The smallest absolute Gasteiger partial charge is 0.338 e. The molecule has 2 aromatic heterocycles. The summed E-state index contributed by atoms with van der Waals surface area (Å²) in [7, 11) is 0. The van der Waals surface area contributed by atoms with Gasteiger partial charge >= 0.3 is 5.97 Å². The van der Waals surface area contributed by atoms with Gasteiger partial charge in [-0.3, -0.25) is 4.40 Å². The van der Waals surface area contributed by atoms with Crippen molar-refractivity contribution in [3.63, 3.8) is 0 Å². The van der Waals surface area contributed by atoms with Crippen LogP contribution in [0.5, 0.6) is 0 Å². The summed E-state index contributed by atoms with van der Waals surface area (Å²) in [6.07, 6.45) is -1.36. The number of esters is 1. The van der Waals surface area contributed by atoms with Crippen molar-refractivity contribution in [1.29, 1.82) is 0 Å². The molecular weight excluding hydrogens is 316 g/mol. The number of rotatable bonds is 5. The summed E-state index contributed by atoms with van der Waals surface area (Å²) >= 11 is 1.41. The molecule has 1 aromatic carbocycles. The van der Waals surface area contributed by atoms with Gasteiger partial charge in [-0.05, 0) is 6.92 Å². The lowest BCUT2D eigenvalue weighted by Gasteiger charge is -2.17. The average Bonchev–Trinajstić information content (AvgIpc) is 3.15. The number of benzene rings is 1. The molecule has 3 rings (SSSR count). The lowest BCUT2D eigenvalue weighted by atomic mass is 10.0. The zero-order valence-electron chi connectivity index (χ0n) is 12.4. The molecular formula is C16H16N2O4S. The van der Waals surface area contributed by atoms with Crippen LogP contribution in [0.4, 0.5) is 0 Å². The quantitative estimate of drug-likeness (QED) is 0.698. The minimum Gasteiger partial charge on any atom is -0.464 e. The summed E-state index contributed by atoms with van der Waals surface area (Å²) in [5.74, 6) is -0.857. The second-order valence-corrected chi connectivity index (χ2v) is 5.78. The third kappa shape index (κ3) is 2.86. The number of aliphatic hydroxyl groups is 2. The monoisotopic (exact) mass is 332 g/mol. The first kappa shape index (κ1) is 15.7. The zero-order chi connectivity index (χ0) is 16.4. The maximum Gasteiger partial charge on any atom is 0.338 e. The highest BCUT2D eigenvalue weighted by atomic mass is 32.1. The van der Waals surface area contributed by atoms with Crippen LogP contribution >= 0.6 is 11.3 Å². The number of hydrogen-bond acceptors (Lipinski definition) is 6. The first-order chi connectivity index (χ1) is 11.1. The highest BCUT2D eigenvalue weighted by Gasteiger charge is 2.32. The molecule has 2 N–H and O–H groups in total. The molecule has 0 aliphatic heterocycles. The number of aliphatic hydroxyl groups excluding tert-OH is 2. The van der Waals surface area contributed by atoms with Gasteiger partial charge in [-0.25, -0.2) is 9.78 Å². The fourth-order valence-corrected chi connectivity index (χ4v) is 3.12. The number of carbonyl (C=O) groups excluding carboxylic acids is 1. The van der Waals surface area contributed by atoms with E-state index in [1.807, 2.05) is 35.7 Å². The summed E-state index contributed by atoms with van der Waals surface area (Å²) in [6, 6.07) is 9.33. The van der Waals surface area contributed by atoms with E-state index in [0.29, 0.717) is 16.3 Å². The van der Waals surface area contributed by atoms with Gasteiger partial charge < -0.3 is 14.9 Å². The largest absolute Gasteiger partial charge is 0.464 e. The van der Waals surface area contributed by atoms with Crippen LogP contribution < -0.4 is 0 Å². The van der Waals surface area contributed by atoms with Gasteiger partial charge in [0.15, 0.2) is 11.1 Å². The van der Waals surface area contributed by atoms with Gasteiger partial charge in [0.25, 0.3) is 0 Å². The Bertz CT molecular complexity index is 812. The third-order valence-electron chi connectivity index (χ3n) is 3.45. The van der Waals surface area contributed by atoms with Crippen LogP contribution in [0.15, 0.2) is 41.9 Å². The number of thiazole rings is 1. The summed E-state index contributed by atoms with van der Waals surface area (Å²) in [6.45, 7) is 1.77. The van der Waals surface area contributed by atoms with Crippen molar-refractivity contribution in [3.8, 4) is 11.3 Å². The van der Waals surface area contributed by atoms with Crippen LogP contribution in [0.1, 0.15) is 18.7 Å². The van der Waals surface area contributed by atoms with E-state index in [4.69, 9.17) is 4.74 Å². The Kier molecular flexibility index (Phi) is 4.42. The number of nitrogens with zero attached hydrogens (tertiary/aromatic N) is 2. The minimum atomic E-state index is -1.67. The highest BCUT2D eigenvalue weighted by molar-refractivity contribution is 7.15. The first-order valence-corrected chi connectivity index (χ1v) is 8.05. The maximum absolute atomic E-state index is 11.7. The fraction of sp³-hybridized carbons (Fsp3) is 0.250. The summed E-state index contributed by atoms with van der Waals surface area (Å²) in [5.41, 5.74) is 1.70. The van der Waals surface area contributed by atoms with Gasteiger partial charge in [0.2, 0.25) is 0 Å².